The zero-order chi connectivity index (χ0) is 35.4. The van der Waals surface area contributed by atoms with Gasteiger partial charge in [0.25, 0.3) is 0 Å². The fourth-order valence-electron chi connectivity index (χ4n) is 6.89. The molecule has 1 aliphatic carbocycles. The number of fused-ring (bicyclic) bond motifs is 5. The van der Waals surface area contributed by atoms with E-state index in [1.807, 2.05) is 32.2 Å². The van der Waals surface area contributed by atoms with Crippen LogP contribution < -0.4 is 5.19 Å². The first-order valence-electron chi connectivity index (χ1n) is 17.7. The number of imidazole rings is 1. The molecular formula is C42H43FIrN4SSi-2. The largest absolute Gasteiger partial charge is 0.362 e. The van der Waals surface area contributed by atoms with Crippen LogP contribution in [0.1, 0.15) is 70.5 Å². The molecule has 3 aromatic carbocycles. The van der Waals surface area contributed by atoms with Crippen molar-refractivity contribution < 1.29 is 25.9 Å². The molecule has 0 N–H and O–H groups in total. The second-order valence-corrected chi connectivity index (χ2v) is 20.7. The van der Waals surface area contributed by atoms with E-state index in [-0.39, 0.29) is 25.9 Å². The normalized spacial score (nSPS) is 13.6. The van der Waals surface area contributed by atoms with Gasteiger partial charge in [0.2, 0.25) is 0 Å². The van der Waals surface area contributed by atoms with Gasteiger partial charge in [-0.15, -0.1) is 35.9 Å². The third-order valence-corrected chi connectivity index (χ3v) is 12.5. The predicted octanol–water partition coefficient (Wildman–Crippen LogP) is 11.1. The van der Waals surface area contributed by atoms with E-state index in [1.54, 1.807) is 17.4 Å². The molecule has 259 valence electrons. The van der Waals surface area contributed by atoms with Crippen molar-refractivity contribution in [2.75, 3.05) is 0 Å². The van der Waals surface area contributed by atoms with Gasteiger partial charge in [0.15, 0.2) is 0 Å². The summed E-state index contributed by atoms with van der Waals surface area (Å²) in [6, 6.07) is 25.0. The van der Waals surface area contributed by atoms with E-state index in [1.165, 1.54) is 69.6 Å². The summed E-state index contributed by atoms with van der Waals surface area (Å²) in [4.78, 5) is 15.3. The van der Waals surface area contributed by atoms with Gasteiger partial charge in [-0.05, 0) is 97.2 Å². The van der Waals surface area contributed by atoms with E-state index in [0.29, 0.717) is 6.04 Å². The van der Waals surface area contributed by atoms with Crippen LogP contribution in [0.2, 0.25) is 19.6 Å². The molecule has 4 heterocycles. The zero-order valence-electron chi connectivity index (χ0n) is 30.7. The van der Waals surface area contributed by atoms with E-state index in [0.717, 1.165) is 44.1 Å². The van der Waals surface area contributed by atoms with Crippen molar-refractivity contribution in [2.24, 2.45) is 0 Å². The number of pyridine rings is 2. The first-order valence-corrected chi connectivity index (χ1v) is 21.5. The van der Waals surface area contributed by atoms with Crippen LogP contribution in [0.15, 0.2) is 72.9 Å². The molecule has 0 atom stereocenters. The molecule has 4 aromatic heterocycles. The summed E-state index contributed by atoms with van der Waals surface area (Å²) in [6.07, 6.45) is 10.2. The summed E-state index contributed by atoms with van der Waals surface area (Å²) in [5, 5.41) is 3.77. The number of nitrogens with zero attached hydrogens (tertiary/aromatic N) is 4. The van der Waals surface area contributed by atoms with Crippen molar-refractivity contribution in [3.05, 3.63) is 108 Å². The van der Waals surface area contributed by atoms with Gasteiger partial charge in [0.1, 0.15) is 0 Å². The molecule has 7 aromatic rings. The molecule has 0 spiro atoms. The number of benzene rings is 3. The van der Waals surface area contributed by atoms with Crippen molar-refractivity contribution in [3.8, 4) is 22.6 Å². The molecule has 8 rings (SSSR count). The summed E-state index contributed by atoms with van der Waals surface area (Å²) in [6.45, 7) is 15.0. The Bertz CT molecular complexity index is 2350. The molecule has 1 aliphatic rings. The Balaban J connectivity index is 0.000000182. The number of aromatic nitrogens is 4. The average Bonchev–Trinajstić information content (AvgIpc) is 3.65. The summed E-state index contributed by atoms with van der Waals surface area (Å²) < 4.78 is 25.1. The summed E-state index contributed by atoms with van der Waals surface area (Å²) in [7, 11) is -1.57. The molecule has 0 saturated carbocycles. The SMILES string of the molecule is CC(C)n1c(-c2[c-]nc3sc4cc5c(cc4c3c2)CCCC5)nc2ccccc21.[2H]C(C)(C)c1cc(-c2[c-]cc(F)cc2)ncc1[Si](C)(C)C.[Ir]. The molecular weight excluding hydrogens is 832 g/mol. The average molecular weight is 876 g/mol. The van der Waals surface area contributed by atoms with Crippen LogP contribution in [0.3, 0.4) is 0 Å². The summed E-state index contributed by atoms with van der Waals surface area (Å²) >= 11 is 1.78. The van der Waals surface area contributed by atoms with Crippen LogP contribution in [0.25, 0.3) is 54.0 Å². The van der Waals surface area contributed by atoms with E-state index in [4.69, 9.17) is 11.3 Å². The molecule has 8 heteroatoms. The van der Waals surface area contributed by atoms with E-state index in [9.17, 15) is 4.39 Å². The molecule has 0 aliphatic heterocycles. The third kappa shape index (κ3) is 7.13. The van der Waals surface area contributed by atoms with Crippen LogP contribution in [-0.2, 0) is 32.9 Å². The van der Waals surface area contributed by atoms with Crippen LogP contribution in [-0.4, -0.2) is 27.6 Å². The smallest absolute Gasteiger partial charge is 0.0799 e. The number of aryl methyl sites for hydroxylation is 2. The van der Waals surface area contributed by atoms with Gasteiger partial charge >= 0.3 is 0 Å². The van der Waals surface area contributed by atoms with Gasteiger partial charge < -0.3 is 14.5 Å². The first kappa shape index (κ1) is 34.9. The Morgan fingerprint density at radius 3 is 2.34 bits per heavy atom. The van der Waals surface area contributed by atoms with Crippen molar-refractivity contribution in [3.63, 3.8) is 0 Å². The third-order valence-electron chi connectivity index (χ3n) is 9.39. The zero-order valence-corrected chi connectivity index (χ0v) is 34.0. The van der Waals surface area contributed by atoms with Crippen LogP contribution in [0.4, 0.5) is 4.39 Å². The number of rotatable bonds is 5. The molecule has 50 heavy (non-hydrogen) atoms. The Labute approximate surface area is 315 Å². The summed E-state index contributed by atoms with van der Waals surface area (Å²) in [5.41, 5.74) is 8.71. The van der Waals surface area contributed by atoms with Crippen molar-refractivity contribution in [1.29, 1.82) is 0 Å². The van der Waals surface area contributed by atoms with Gasteiger partial charge in [-0.25, -0.2) is 0 Å². The first-order chi connectivity index (χ1) is 23.8. The maximum atomic E-state index is 13.0. The van der Waals surface area contributed by atoms with Crippen molar-refractivity contribution in [2.45, 2.75) is 85.0 Å². The fourth-order valence-corrected chi connectivity index (χ4v) is 9.53. The quantitative estimate of drug-likeness (QED) is 0.128. The maximum absolute atomic E-state index is 13.0. The van der Waals surface area contributed by atoms with Crippen molar-refractivity contribution in [1.82, 2.24) is 19.5 Å². The Hall–Kier alpha value is -3.55. The van der Waals surface area contributed by atoms with Crippen molar-refractivity contribution >= 4 is 55.9 Å². The number of thiophene rings is 1. The van der Waals surface area contributed by atoms with E-state index in [2.05, 4.69) is 91.7 Å². The Kier molecular flexibility index (Phi) is 10.2. The fraction of sp³-hybridized carbons (Fsp3) is 0.310. The van der Waals surface area contributed by atoms with E-state index < -0.39 is 14.0 Å². The number of hydrogen-bond acceptors (Lipinski definition) is 4. The second kappa shape index (κ2) is 14.6. The van der Waals surface area contributed by atoms with Gasteiger partial charge in [0, 0.05) is 49.1 Å². The van der Waals surface area contributed by atoms with Crippen LogP contribution in [0, 0.1) is 18.1 Å². The minimum Gasteiger partial charge on any atom is -0.362 e. The second-order valence-electron chi connectivity index (χ2n) is 14.6. The van der Waals surface area contributed by atoms with Gasteiger partial charge in [0.05, 0.1) is 24.9 Å². The molecule has 4 nitrogen and oxygen atoms in total. The minimum atomic E-state index is -1.57. The minimum absolute atomic E-state index is 0. The standard InChI is InChI=1S/C25H22N3S.C17H21FNSi.Ir/c1-15(2)28-22-10-6-5-9-21(22)27-24(28)18-12-20-19-11-16-7-3-4-8-17(16)13-23(19)29-25(20)26-14-18;1-12(2)15-10-16(13-6-8-14(18)9-7-13)19-11-17(15)20(3,4)5;/h5-6,9-13,15H,3-4,7-8H2,1-2H3;6,8-12H,1-5H3;/q2*-1;/i;12D;. The number of halogens is 1. The Morgan fingerprint density at radius 1 is 0.920 bits per heavy atom. The molecule has 0 unspecified atom stereocenters. The number of para-hydroxylation sites is 2. The molecule has 0 fully saturated rings. The molecule has 0 bridgehead atoms. The maximum Gasteiger partial charge on any atom is 0.0799 e. The van der Waals surface area contributed by atoms with Gasteiger partial charge in [-0.3, -0.25) is 9.37 Å². The molecule has 0 saturated heterocycles. The van der Waals surface area contributed by atoms with Gasteiger partial charge in [-0.1, -0.05) is 74.3 Å². The predicted molar refractivity (Wildman–Crippen MR) is 207 cm³/mol. The Morgan fingerprint density at radius 2 is 1.66 bits per heavy atom. The number of hydrogen-bond donors (Lipinski definition) is 0. The summed E-state index contributed by atoms with van der Waals surface area (Å²) in [5.74, 6) is -0.0423. The van der Waals surface area contributed by atoms with E-state index >= 15 is 0 Å². The monoisotopic (exact) mass is 876 g/mol. The van der Waals surface area contributed by atoms with Crippen LogP contribution >= 0.6 is 11.3 Å². The topological polar surface area (TPSA) is 43.6 Å². The van der Waals surface area contributed by atoms with Gasteiger partial charge in [-0.2, -0.15) is 11.3 Å². The molecule has 0 amide bonds. The van der Waals surface area contributed by atoms with Crippen LogP contribution in [0.5, 0.6) is 0 Å². The molecule has 1 radical (unpaired) electrons.